The summed E-state index contributed by atoms with van der Waals surface area (Å²) in [7, 11) is 0. The highest BCUT2D eigenvalue weighted by atomic mass is 35.5. The molecule has 2 aliphatic rings. The maximum Gasteiger partial charge on any atom is 0.138 e. The Hall–Kier alpha value is -0.120. The van der Waals surface area contributed by atoms with Crippen molar-refractivity contribution >= 4 is 46.4 Å². The van der Waals surface area contributed by atoms with Gasteiger partial charge >= 0.3 is 0 Å². The van der Waals surface area contributed by atoms with Crippen LogP contribution in [0.25, 0.3) is 0 Å². The Bertz CT molecular complexity index is 499. The first-order valence-corrected chi connectivity index (χ1v) is 6.94. The molecule has 1 saturated carbocycles. The molecule has 2 atom stereocenters. The van der Waals surface area contributed by atoms with E-state index in [1.54, 1.807) is 5.06 Å². The van der Waals surface area contributed by atoms with Crippen LogP contribution in [0.3, 0.4) is 0 Å². The van der Waals surface area contributed by atoms with Gasteiger partial charge in [0.2, 0.25) is 0 Å². The zero-order valence-electron chi connectivity index (χ0n) is 9.12. The number of alkyl halides is 2. The molecule has 0 radical (unpaired) electrons. The van der Waals surface area contributed by atoms with Crippen molar-refractivity contribution in [2.75, 3.05) is 0 Å². The standard InChI is InChI=1S/C12H9Cl4NO/c13-8-3-1-7(2-4-8)11-9(14)6-18-17(11)10-5-12(10,15)16/h1-4,6,10-11H,5H2. The lowest BCUT2D eigenvalue weighted by Gasteiger charge is -2.24. The quantitative estimate of drug-likeness (QED) is 0.734. The second kappa shape index (κ2) is 4.46. The lowest BCUT2D eigenvalue weighted by atomic mass is 10.1. The van der Waals surface area contributed by atoms with Crippen LogP contribution >= 0.6 is 46.4 Å². The largest absolute Gasteiger partial charge is 0.411 e. The number of halogens is 4. The van der Waals surface area contributed by atoms with Crippen molar-refractivity contribution in [3.8, 4) is 0 Å². The van der Waals surface area contributed by atoms with E-state index in [4.69, 9.17) is 51.2 Å². The zero-order chi connectivity index (χ0) is 12.9. The third kappa shape index (κ3) is 2.21. The Morgan fingerprint density at radius 2 is 1.78 bits per heavy atom. The SMILES string of the molecule is ClC1=CON(C2CC2(Cl)Cl)C1c1ccc(Cl)cc1. The highest BCUT2D eigenvalue weighted by Gasteiger charge is 2.59. The summed E-state index contributed by atoms with van der Waals surface area (Å²) in [6.45, 7) is 0. The lowest BCUT2D eigenvalue weighted by molar-refractivity contribution is -0.114. The van der Waals surface area contributed by atoms with E-state index >= 15 is 0 Å². The first kappa shape index (κ1) is 12.9. The summed E-state index contributed by atoms with van der Waals surface area (Å²) in [6, 6.07) is 7.25. The van der Waals surface area contributed by atoms with Gasteiger partial charge in [0.25, 0.3) is 0 Å². The average molecular weight is 325 g/mol. The van der Waals surface area contributed by atoms with Crippen molar-refractivity contribution in [3.05, 3.63) is 46.1 Å². The average Bonchev–Trinajstić information content (AvgIpc) is 2.78. The summed E-state index contributed by atoms with van der Waals surface area (Å²) in [6.07, 6.45) is 2.18. The molecule has 0 spiro atoms. The summed E-state index contributed by atoms with van der Waals surface area (Å²) >= 11 is 24.2. The minimum absolute atomic E-state index is 0.0472. The predicted octanol–water partition coefficient (Wildman–Crippen LogP) is 4.65. The molecule has 0 aromatic heterocycles. The molecule has 0 saturated heterocycles. The van der Waals surface area contributed by atoms with Crippen LogP contribution in [0.1, 0.15) is 18.0 Å². The first-order valence-electron chi connectivity index (χ1n) is 5.43. The fraction of sp³-hybridized carbons (Fsp3) is 0.333. The smallest absolute Gasteiger partial charge is 0.138 e. The van der Waals surface area contributed by atoms with E-state index in [9.17, 15) is 0 Å². The molecule has 2 nitrogen and oxygen atoms in total. The van der Waals surface area contributed by atoms with Crippen LogP contribution in [-0.2, 0) is 4.84 Å². The van der Waals surface area contributed by atoms with Crippen LogP contribution in [0.4, 0.5) is 0 Å². The van der Waals surface area contributed by atoms with Crippen molar-refractivity contribution < 1.29 is 4.84 Å². The van der Waals surface area contributed by atoms with Crippen LogP contribution in [0.15, 0.2) is 35.6 Å². The summed E-state index contributed by atoms with van der Waals surface area (Å²) in [4.78, 5) is 5.46. The first-order chi connectivity index (χ1) is 8.49. The molecule has 1 aromatic rings. The summed E-state index contributed by atoms with van der Waals surface area (Å²) < 4.78 is -0.750. The van der Waals surface area contributed by atoms with Gasteiger partial charge in [-0.2, -0.15) is 0 Å². The summed E-state index contributed by atoms with van der Waals surface area (Å²) in [5.41, 5.74) is 0.995. The van der Waals surface area contributed by atoms with Crippen LogP contribution < -0.4 is 0 Å². The highest BCUT2D eigenvalue weighted by molar-refractivity contribution is 6.51. The molecule has 1 aliphatic heterocycles. The van der Waals surface area contributed by atoms with Crippen molar-refractivity contribution in [3.63, 3.8) is 0 Å². The van der Waals surface area contributed by atoms with Crippen molar-refractivity contribution in [1.29, 1.82) is 0 Å². The Kier molecular flexibility index (Phi) is 3.20. The third-order valence-corrected chi connectivity index (χ3v) is 4.45. The molecule has 0 N–H and O–H groups in total. The van der Waals surface area contributed by atoms with E-state index in [-0.39, 0.29) is 12.1 Å². The molecule has 1 heterocycles. The monoisotopic (exact) mass is 323 g/mol. The van der Waals surface area contributed by atoms with Crippen molar-refractivity contribution in [2.24, 2.45) is 0 Å². The van der Waals surface area contributed by atoms with E-state index < -0.39 is 4.33 Å². The second-order valence-corrected chi connectivity index (χ2v) is 6.82. The molecule has 6 heteroatoms. The predicted molar refractivity (Wildman–Crippen MR) is 73.9 cm³/mol. The Balaban J connectivity index is 1.88. The van der Waals surface area contributed by atoms with Gasteiger partial charge in [-0.1, -0.05) is 58.5 Å². The van der Waals surface area contributed by atoms with Crippen LogP contribution in [-0.4, -0.2) is 15.4 Å². The zero-order valence-corrected chi connectivity index (χ0v) is 12.1. The van der Waals surface area contributed by atoms with Gasteiger partial charge in [0.05, 0.1) is 11.1 Å². The number of rotatable bonds is 2. The van der Waals surface area contributed by atoms with E-state index in [2.05, 4.69) is 0 Å². The van der Waals surface area contributed by atoms with E-state index in [0.29, 0.717) is 16.5 Å². The Labute approximate surface area is 125 Å². The van der Waals surface area contributed by atoms with Gasteiger partial charge in [-0.05, 0) is 17.7 Å². The van der Waals surface area contributed by atoms with Crippen LogP contribution in [0.5, 0.6) is 0 Å². The molecule has 96 valence electrons. The maximum atomic E-state index is 6.19. The number of hydroxylamine groups is 2. The summed E-state index contributed by atoms with van der Waals surface area (Å²) in [5, 5.41) is 3.03. The molecule has 1 aliphatic carbocycles. The fourth-order valence-corrected chi connectivity index (χ4v) is 2.91. The van der Waals surface area contributed by atoms with Gasteiger partial charge in [0.15, 0.2) is 0 Å². The topological polar surface area (TPSA) is 12.5 Å². The molecule has 2 unspecified atom stereocenters. The Morgan fingerprint density at radius 3 is 2.33 bits per heavy atom. The number of nitrogens with zero attached hydrogens (tertiary/aromatic N) is 1. The van der Waals surface area contributed by atoms with Gasteiger partial charge < -0.3 is 4.84 Å². The van der Waals surface area contributed by atoms with Crippen LogP contribution in [0.2, 0.25) is 5.02 Å². The van der Waals surface area contributed by atoms with Crippen LogP contribution in [0, 0.1) is 0 Å². The third-order valence-electron chi connectivity index (χ3n) is 3.09. The molecule has 1 fully saturated rings. The van der Waals surface area contributed by atoms with Gasteiger partial charge in [0, 0.05) is 11.4 Å². The molecule has 3 rings (SSSR count). The molecule has 1 aromatic carbocycles. The second-order valence-electron chi connectivity index (χ2n) is 4.40. The van der Waals surface area contributed by atoms with Gasteiger partial charge in [-0.3, -0.25) is 0 Å². The minimum atomic E-state index is -0.750. The minimum Gasteiger partial charge on any atom is -0.411 e. The van der Waals surface area contributed by atoms with E-state index in [1.165, 1.54) is 6.26 Å². The maximum absolute atomic E-state index is 6.19. The summed E-state index contributed by atoms with van der Waals surface area (Å²) in [5.74, 6) is 0. The molecular formula is C12H9Cl4NO. The van der Waals surface area contributed by atoms with Crippen molar-refractivity contribution in [2.45, 2.75) is 22.8 Å². The number of benzene rings is 1. The Morgan fingerprint density at radius 1 is 1.17 bits per heavy atom. The molecule has 0 amide bonds. The molecular weight excluding hydrogens is 316 g/mol. The molecule has 18 heavy (non-hydrogen) atoms. The lowest BCUT2D eigenvalue weighted by Crippen LogP contribution is -2.28. The highest BCUT2D eigenvalue weighted by Crippen LogP contribution is 2.55. The van der Waals surface area contributed by atoms with E-state index in [0.717, 1.165) is 5.56 Å². The number of hydrogen-bond donors (Lipinski definition) is 0. The van der Waals surface area contributed by atoms with Crippen molar-refractivity contribution in [1.82, 2.24) is 5.06 Å². The van der Waals surface area contributed by atoms with E-state index in [1.807, 2.05) is 24.3 Å². The normalized spacial score (nSPS) is 29.9. The molecule has 0 bridgehead atoms. The van der Waals surface area contributed by atoms with Gasteiger partial charge in [0.1, 0.15) is 16.6 Å². The van der Waals surface area contributed by atoms with Gasteiger partial charge in [-0.25, -0.2) is 0 Å². The number of hydrogen-bond acceptors (Lipinski definition) is 2. The fourth-order valence-electron chi connectivity index (χ4n) is 2.04. The van der Waals surface area contributed by atoms with Gasteiger partial charge in [-0.15, -0.1) is 5.06 Å².